The summed E-state index contributed by atoms with van der Waals surface area (Å²) in [6.07, 6.45) is 3.35. The fraction of sp³-hybridized carbons (Fsp3) is 0.652. The van der Waals surface area contributed by atoms with Crippen molar-refractivity contribution in [3.63, 3.8) is 0 Å². The van der Waals surface area contributed by atoms with E-state index in [2.05, 4.69) is 48.5 Å². The number of carbonyl (C=O) groups excluding carboxylic acids is 1. The Morgan fingerprint density at radius 2 is 1.90 bits per heavy atom. The number of aliphatic imine (C=N–C) groups is 1. The Morgan fingerprint density at radius 3 is 2.53 bits per heavy atom. The highest BCUT2D eigenvalue weighted by atomic mass is 127. The van der Waals surface area contributed by atoms with Crippen LogP contribution < -0.4 is 10.6 Å². The third-order valence-corrected chi connectivity index (χ3v) is 5.25. The number of guanidine groups is 1. The first-order valence-electron chi connectivity index (χ1n) is 10.6. The molecule has 1 aliphatic rings. The van der Waals surface area contributed by atoms with Gasteiger partial charge in [0.1, 0.15) is 6.54 Å². The van der Waals surface area contributed by atoms with Crippen LogP contribution in [0.5, 0.6) is 0 Å². The molecule has 1 heterocycles. The number of rotatable bonds is 7. The lowest BCUT2D eigenvalue weighted by Gasteiger charge is -2.40. The maximum atomic E-state index is 12.0. The van der Waals surface area contributed by atoms with Crippen molar-refractivity contribution in [2.24, 2.45) is 16.3 Å². The Balaban J connectivity index is 0.00000450. The molecule has 1 saturated heterocycles. The van der Waals surface area contributed by atoms with Crippen LogP contribution in [0.25, 0.3) is 0 Å². The lowest BCUT2D eigenvalue weighted by molar-refractivity contribution is -0.127. The van der Waals surface area contributed by atoms with E-state index >= 15 is 0 Å². The van der Waals surface area contributed by atoms with E-state index in [9.17, 15) is 4.79 Å². The van der Waals surface area contributed by atoms with Crippen LogP contribution in [0.2, 0.25) is 0 Å². The highest BCUT2D eigenvalue weighted by Gasteiger charge is 2.35. The first-order valence-corrected chi connectivity index (χ1v) is 10.6. The maximum absolute atomic E-state index is 12.0. The Morgan fingerprint density at radius 1 is 1.20 bits per heavy atom. The fourth-order valence-electron chi connectivity index (χ4n) is 3.67. The average molecular weight is 530 g/mol. The average Bonchev–Trinajstić information content (AvgIpc) is 2.69. The molecular weight excluding hydrogens is 491 g/mol. The monoisotopic (exact) mass is 530 g/mol. The van der Waals surface area contributed by atoms with Crippen molar-refractivity contribution in [3.05, 3.63) is 35.9 Å². The van der Waals surface area contributed by atoms with E-state index in [1.807, 2.05) is 18.2 Å². The molecule has 2 unspecified atom stereocenters. The van der Waals surface area contributed by atoms with E-state index < -0.39 is 0 Å². The number of nitrogens with one attached hydrogen (secondary N) is 2. The molecule has 0 aromatic heterocycles. The smallest absolute Gasteiger partial charge is 0.243 e. The lowest BCUT2D eigenvalue weighted by atomic mass is 9.78. The Bertz CT molecular complexity index is 659. The topological polar surface area (TPSA) is 66.0 Å². The lowest BCUT2D eigenvalue weighted by Crippen LogP contribution is -2.48. The molecule has 0 saturated carbocycles. The molecular formula is C23H39IN4O2. The van der Waals surface area contributed by atoms with E-state index in [0.717, 1.165) is 39.0 Å². The van der Waals surface area contributed by atoms with Crippen LogP contribution in [0.15, 0.2) is 35.3 Å². The highest BCUT2D eigenvalue weighted by molar-refractivity contribution is 14.0. The Labute approximate surface area is 199 Å². The van der Waals surface area contributed by atoms with Gasteiger partial charge >= 0.3 is 0 Å². The van der Waals surface area contributed by atoms with Gasteiger partial charge < -0.3 is 20.3 Å². The summed E-state index contributed by atoms with van der Waals surface area (Å²) in [5.41, 5.74) is 1.38. The summed E-state index contributed by atoms with van der Waals surface area (Å²) < 4.78 is 6.09. The number of benzene rings is 1. The van der Waals surface area contributed by atoms with Crippen molar-refractivity contribution in [1.82, 2.24) is 15.5 Å². The minimum absolute atomic E-state index is 0. The summed E-state index contributed by atoms with van der Waals surface area (Å²) in [6.45, 7) is 9.23. The van der Waals surface area contributed by atoms with Crippen molar-refractivity contribution >= 4 is 35.8 Å². The third-order valence-electron chi connectivity index (χ3n) is 5.25. The molecule has 1 amide bonds. The molecule has 1 aliphatic heterocycles. The fourth-order valence-corrected chi connectivity index (χ4v) is 3.67. The summed E-state index contributed by atoms with van der Waals surface area (Å²) in [6, 6.07) is 10.4. The van der Waals surface area contributed by atoms with Crippen molar-refractivity contribution in [1.29, 1.82) is 0 Å². The van der Waals surface area contributed by atoms with Gasteiger partial charge in [-0.15, -0.1) is 24.0 Å². The minimum Gasteiger partial charge on any atom is -0.377 e. The van der Waals surface area contributed by atoms with Crippen LogP contribution in [0.4, 0.5) is 0 Å². The molecule has 1 fully saturated rings. The third kappa shape index (κ3) is 9.20. The number of likely N-dealkylation sites (N-methyl/N-ethyl adjacent to an activating group) is 1. The van der Waals surface area contributed by atoms with Gasteiger partial charge in [0, 0.05) is 39.7 Å². The first-order chi connectivity index (χ1) is 13.8. The van der Waals surface area contributed by atoms with E-state index in [1.165, 1.54) is 5.56 Å². The summed E-state index contributed by atoms with van der Waals surface area (Å²) in [5.74, 6) is 1.10. The number of hydrogen-bond donors (Lipinski definition) is 2. The maximum Gasteiger partial charge on any atom is 0.243 e. The molecule has 6 nitrogen and oxygen atoms in total. The molecule has 2 atom stereocenters. The number of carbonyl (C=O) groups is 1. The molecule has 7 heteroatoms. The van der Waals surface area contributed by atoms with Crippen LogP contribution in [0.1, 0.15) is 39.2 Å². The molecule has 30 heavy (non-hydrogen) atoms. The van der Waals surface area contributed by atoms with E-state index in [-0.39, 0.29) is 47.9 Å². The number of nitrogens with zero attached hydrogens (tertiary/aromatic N) is 2. The summed E-state index contributed by atoms with van der Waals surface area (Å²) in [5, 5.41) is 6.84. The van der Waals surface area contributed by atoms with Crippen LogP contribution in [0, 0.1) is 11.3 Å². The molecule has 2 rings (SSSR count). The van der Waals surface area contributed by atoms with Crippen molar-refractivity contribution in [2.45, 2.75) is 46.1 Å². The van der Waals surface area contributed by atoms with Gasteiger partial charge in [0.2, 0.25) is 5.91 Å². The Kier molecular flexibility index (Phi) is 11.7. The quantitative estimate of drug-likeness (QED) is 0.323. The number of ether oxygens (including phenoxy) is 1. The van der Waals surface area contributed by atoms with E-state index in [4.69, 9.17) is 4.74 Å². The molecule has 170 valence electrons. The largest absolute Gasteiger partial charge is 0.377 e. The Hall–Kier alpha value is -1.35. The molecule has 2 N–H and O–H groups in total. The number of hydrogen-bond acceptors (Lipinski definition) is 3. The first kappa shape index (κ1) is 26.7. The summed E-state index contributed by atoms with van der Waals surface area (Å²) in [7, 11) is 3.50. The number of amides is 1. The molecule has 0 spiro atoms. The molecule has 0 radical (unpaired) electrons. The molecule has 1 aromatic rings. The van der Waals surface area contributed by atoms with Gasteiger partial charge in [0.15, 0.2) is 5.96 Å². The zero-order chi connectivity index (χ0) is 21.3. The van der Waals surface area contributed by atoms with Gasteiger partial charge in [-0.3, -0.25) is 4.79 Å². The second kappa shape index (κ2) is 13.1. The zero-order valence-corrected chi connectivity index (χ0v) is 21.4. The standard InChI is InChI=1S/C23H38N4O2.HI/c1-23(2,3)21-19(12-9-15-29-21)16-25-22(26-17-20(28)27(4)5)24-14-13-18-10-7-6-8-11-18;/h6-8,10-11,19,21H,9,12-17H2,1-5H3,(H2,24,25,26);1H. The van der Waals surface area contributed by atoms with Crippen LogP contribution in [0.3, 0.4) is 0 Å². The number of halogens is 1. The van der Waals surface area contributed by atoms with Crippen molar-refractivity contribution < 1.29 is 9.53 Å². The van der Waals surface area contributed by atoms with Gasteiger partial charge in [-0.25, -0.2) is 4.99 Å². The van der Waals surface area contributed by atoms with Gasteiger partial charge in [-0.1, -0.05) is 51.1 Å². The second-order valence-corrected chi connectivity index (χ2v) is 9.06. The molecule has 0 bridgehead atoms. The molecule has 0 aliphatic carbocycles. The van der Waals surface area contributed by atoms with E-state index in [0.29, 0.717) is 11.9 Å². The SMILES string of the molecule is CN(C)C(=O)CN=C(NCCc1ccccc1)NCC1CCCOC1C(C)(C)C.I. The highest BCUT2D eigenvalue weighted by Crippen LogP contribution is 2.33. The van der Waals surface area contributed by atoms with Crippen LogP contribution >= 0.6 is 24.0 Å². The van der Waals surface area contributed by atoms with Crippen molar-refractivity contribution in [3.8, 4) is 0 Å². The second-order valence-electron chi connectivity index (χ2n) is 9.06. The minimum atomic E-state index is -0.0114. The van der Waals surface area contributed by atoms with Gasteiger partial charge in [-0.05, 0) is 30.2 Å². The normalized spacial score (nSPS) is 19.6. The van der Waals surface area contributed by atoms with Gasteiger partial charge in [0.05, 0.1) is 6.10 Å². The summed E-state index contributed by atoms with van der Waals surface area (Å²) >= 11 is 0. The van der Waals surface area contributed by atoms with Crippen molar-refractivity contribution in [2.75, 3.05) is 40.3 Å². The zero-order valence-electron chi connectivity index (χ0n) is 19.1. The van der Waals surface area contributed by atoms with Crippen LogP contribution in [-0.2, 0) is 16.0 Å². The van der Waals surface area contributed by atoms with Crippen LogP contribution in [-0.4, -0.2) is 63.2 Å². The van der Waals surface area contributed by atoms with Gasteiger partial charge in [-0.2, -0.15) is 0 Å². The summed E-state index contributed by atoms with van der Waals surface area (Å²) in [4.78, 5) is 18.1. The predicted molar refractivity (Wildman–Crippen MR) is 134 cm³/mol. The van der Waals surface area contributed by atoms with E-state index in [1.54, 1.807) is 19.0 Å². The predicted octanol–water partition coefficient (Wildman–Crippen LogP) is 3.31. The molecule has 1 aromatic carbocycles. The van der Waals surface area contributed by atoms with Gasteiger partial charge in [0.25, 0.3) is 0 Å².